The monoisotopic (exact) mass is 439 g/mol. The van der Waals surface area contributed by atoms with Gasteiger partial charge >= 0.3 is 6.18 Å². The predicted molar refractivity (Wildman–Crippen MR) is 101 cm³/mol. The number of amides is 1. The molecule has 3 rings (SSSR count). The van der Waals surface area contributed by atoms with Crippen LogP contribution >= 0.6 is 0 Å². The molecule has 0 unspecified atom stereocenters. The maximum absolute atomic E-state index is 12.6. The zero-order valence-corrected chi connectivity index (χ0v) is 16.3. The van der Waals surface area contributed by atoms with Crippen LogP contribution in [0, 0.1) is 0 Å². The van der Waals surface area contributed by atoms with Gasteiger partial charge in [-0.05, 0) is 42.0 Å². The van der Waals surface area contributed by atoms with Crippen LogP contribution in [0.4, 0.5) is 19.1 Å². The average Bonchev–Trinajstić information content (AvgIpc) is 3.09. The Hall–Kier alpha value is -3.41. The van der Waals surface area contributed by atoms with Gasteiger partial charge in [0.05, 0.1) is 10.5 Å². The van der Waals surface area contributed by atoms with E-state index in [1.807, 2.05) is 0 Å². The maximum Gasteiger partial charge on any atom is 0.416 e. The zero-order chi connectivity index (χ0) is 21.9. The van der Waals surface area contributed by atoms with Crippen LogP contribution < -0.4 is 10.0 Å². The summed E-state index contributed by atoms with van der Waals surface area (Å²) in [5.74, 6) is -0.589. The second-order valence-electron chi connectivity index (χ2n) is 6.25. The number of aryl methyl sites for hydroxylation is 1. The highest BCUT2D eigenvalue weighted by Gasteiger charge is 2.29. The molecule has 1 amide bonds. The molecule has 0 atom stereocenters. The lowest BCUT2D eigenvalue weighted by molar-refractivity contribution is -0.137. The highest BCUT2D eigenvalue weighted by atomic mass is 32.2. The topological polar surface area (TPSA) is 106 Å². The van der Waals surface area contributed by atoms with E-state index in [1.165, 1.54) is 47.4 Å². The Labute approximate surface area is 169 Å². The van der Waals surface area contributed by atoms with Crippen LogP contribution in [0.25, 0.3) is 0 Å². The third kappa shape index (κ3) is 5.14. The molecule has 0 radical (unpaired) electrons. The molecule has 0 aliphatic heterocycles. The first kappa shape index (κ1) is 21.3. The summed E-state index contributed by atoms with van der Waals surface area (Å²) in [5, 5.41) is 6.39. The van der Waals surface area contributed by atoms with Crippen molar-refractivity contribution in [2.45, 2.75) is 17.6 Å². The number of anilines is 1. The van der Waals surface area contributed by atoms with E-state index in [9.17, 15) is 26.4 Å². The molecule has 0 aliphatic rings. The van der Waals surface area contributed by atoms with Gasteiger partial charge in [0.15, 0.2) is 0 Å². The fourth-order valence-electron chi connectivity index (χ4n) is 2.45. The third-order valence-electron chi connectivity index (χ3n) is 3.99. The molecule has 3 aromatic rings. The smallest absolute Gasteiger partial charge is 0.348 e. The quantitative estimate of drug-likeness (QED) is 0.614. The number of hydrogen-bond acceptors (Lipinski definition) is 5. The average molecular weight is 439 g/mol. The molecule has 2 aromatic carbocycles. The fraction of sp³-hybridized carbons (Fsp3) is 0.167. The minimum atomic E-state index is -4.43. The van der Waals surface area contributed by atoms with Gasteiger partial charge in [-0.25, -0.2) is 13.1 Å². The van der Waals surface area contributed by atoms with Crippen LogP contribution in [-0.4, -0.2) is 29.1 Å². The summed E-state index contributed by atoms with van der Waals surface area (Å²) in [6.45, 7) is 0.0178. The summed E-state index contributed by atoms with van der Waals surface area (Å²) >= 11 is 0. The van der Waals surface area contributed by atoms with Gasteiger partial charge in [-0.15, -0.1) is 5.10 Å². The van der Waals surface area contributed by atoms with Crippen LogP contribution in [0.2, 0.25) is 0 Å². The molecule has 8 nitrogen and oxygen atoms in total. The van der Waals surface area contributed by atoms with Gasteiger partial charge in [-0.3, -0.25) is 9.48 Å². The molecular weight excluding hydrogens is 423 g/mol. The van der Waals surface area contributed by atoms with Crippen molar-refractivity contribution in [2.24, 2.45) is 7.05 Å². The standard InChI is InChI=1S/C18H16F3N5O3S/c1-26-11-23-17(24-26)25-30(28,29)15-8-4-13(5-9-15)16(27)22-10-12-2-6-14(7-3-12)18(19,20)21/h2-9,11H,10H2,1H3,(H,22,27)(H,24,25). The molecule has 0 spiro atoms. The number of aromatic nitrogens is 3. The van der Waals surface area contributed by atoms with E-state index in [0.29, 0.717) is 5.56 Å². The summed E-state index contributed by atoms with van der Waals surface area (Å²) in [4.78, 5) is 15.9. The number of hydrogen-bond donors (Lipinski definition) is 2. The number of halogens is 3. The van der Waals surface area contributed by atoms with Gasteiger partial charge in [-0.2, -0.15) is 18.2 Å². The van der Waals surface area contributed by atoms with Gasteiger partial charge < -0.3 is 5.32 Å². The minimum Gasteiger partial charge on any atom is -0.348 e. The number of nitrogens with one attached hydrogen (secondary N) is 2. The van der Waals surface area contributed by atoms with Gasteiger partial charge in [-0.1, -0.05) is 12.1 Å². The van der Waals surface area contributed by atoms with Crippen molar-refractivity contribution >= 4 is 21.9 Å². The van der Waals surface area contributed by atoms with E-state index in [4.69, 9.17) is 0 Å². The number of rotatable bonds is 6. The summed E-state index contributed by atoms with van der Waals surface area (Å²) in [5.41, 5.74) is -0.0941. The molecule has 158 valence electrons. The Morgan fingerprint density at radius 3 is 2.23 bits per heavy atom. The van der Waals surface area contributed by atoms with E-state index < -0.39 is 27.7 Å². The van der Waals surface area contributed by atoms with E-state index >= 15 is 0 Å². The van der Waals surface area contributed by atoms with Crippen molar-refractivity contribution in [3.63, 3.8) is 0 Å². The van der Waals surface area contributed by atoms with E-state index in [1.54, 1.807) is 7.05 Å². The summed E-state index contributed by atoms with van der Waals surface area (Å²) in [7, 11) is -2.34. The molecule has 1 heterocycles. The van der Waals surface area contributed by atoms with Crippen LogP contribution in [0.1, 0.15) is 21.5 Å². The lowest BCUT2D eigenvalue weighted by Gasteiger charge is -2.09. The Morgan fingerprint density at radius 1 is 1.07 bits per heavy atom. The number of benzene rings is 2. The number of carbonyl (C=O) groups excluding carboxylic acids is 1. The number of carbonyl (C=O) groups is 1. The van der Waals surface area contributed by atoms with Crippen LogP contribution in [0.15, 0.2) is 59.8 Å². The molecule has 0 fully saturated rings. The number of sulfonamides is 1. The van der Waals surface area contributed by atoms with Crippen molar-refractivity contribution in [3.05, 3.63) is 71.5 Å². The van der Waals surface area contributed by atoms with Crippen LogP contribution in [0.5, 0.6) is 0 Å². The van der Waals surface area contributed by atoms with Crippen LogP contribution in [-0.2, 0) is 29.8 Å². The molecule has 1 aromatic heterocycles. The highest BCUT2D eigenvalue weighted by molar-refractivity contribution is 7.92. The second-order valence-corrected chi connectivity index (χ2v) is 7.93. The molecule has 0 saturated heterocycles. The van der Waals surface area contributed by atoms with E-state index in [2.05, 4.69) is 20.1 Å². The molecular formula is C18H16F3N5O3S. The highest BCUT2D eigenvalue weighted by Crippen LogP contribution is 2.29. The summed E-state index contributed by atoms with van der Waals surface area (Å²) in [6, 6.07) is 9.56. The normalized spacial score (nSPS) is 11.9. The Morgan fingerprint density at radius 2 is 1.70 bits per heavy atom. The molecule has 2 N–H and O–H groups in total. The van der Waals surface area contributed by atoms with Crippen molar-refractivity contribution in [1.29, 1.82) is 0 Å². The SMILES string of the molecule is Cn1cnc(NS(=O)(=O)c2ccc(C(=O)NCc3ccc(C(F)(F)F)cc3)cc2)n1. The first-order valence-electron chi connectivity index (χ1n) is 8.47. The van der Waals surface area contributed by atoms with Crippen molar-refractivity contribution in [1.82, 2.24) is 20.1 Å². The van der Waals surface area contributed by atoms with Crippen molar-refractivity contribution in [3.8, 4) is 0 Å². The predicted octanol–water partition coefficient (Wildman–Crippen LogP) is 2.56. The lowest BCUT2D eigenvalue weighted by atomic mass is 10.1. The largest absolute Gasteiger partial charge is 0.416 e. The van der Waals surface area contributed by atoms with E-state index in [-0.39, 0.29) is 23.0 Å². The number of alkyl halides is 3. The van der Waals surface area contributed by atoms with Gasteiger partial charge in [0.25, 0.3) is 21.9 Å². The molecule has 30 heavy (non-hydrogen) atoms. The summed E-state index contributed by atoms with van der Waals surface area (Å²) < 4.78 is 65.9. The second kappa shape index (κ2) is 8.14. The molecule has 0 saturated carbocycles. The van der Waals surface area contributed by atoms with Gasteiger partial charge in [0.2, 0.25) is 0 Å². The molecule has 12 heteroatoms. The maximum atomic E-state index is 12.6. The van der Waals surface area contributed by atoms with Crippen molar-refractivity contribution < 1.29 is 26.4 Å². The van der Waals surface area contributed by atoms with Gasteiger partial charge in [0.1, 0.15) is 6.33 Å². The zero-order valence-electron chi connectivity index (χ0n) is 15.5. The van der Waals surface area contributed by atoms with Crippen molar-refractivity contribution in [2.75, 3.05) is 4.72 Å². The first-order valence-corrected chi connectivity index (χ1v) is 9.96. The Kier molecular flexibility index (Phi) is 5.78. The number of nitrogens with zero attached hydrogens (tertiary/aromatic N) is 3. The lowest BCUT2D eigenvalue weighted by Crippen LogP contribution is -2.23. The fourth-order valence-corrected chi connectivity index (χ4v) is 3.39. The summed E-state index contributed by atoms with van der Waals surface area (Å²) in [6.07, 6.45) is -3.09. The third-order valence-corrected chi connectivity index (χ3v) is 5.33. The molecule has 0 aliphatic carbocycles. The van der Waals surface area contributed by atoms with E-state index in [0.717, 1.165) is 12.1 Å². The Balaban J connectivity index is 1.62. The molecule has 0 bridgehead atoms. The van der Waals surface area contributed by atoms with Crippen LogP contribution in [0.3, 0.4) is 0 Å². The first-order chi connectivity index (χ1) is 14.0. The Bertz CT molecular complexity index is 1140. The minimum absolute atomic E-state index is 0.0178. The van der Waals surface area contributed by atoms with Gasteiger partial charge in [0, 0.05) is 19.2 Å².